The van der Waals surface area contributed by atoms with Crippen molar-refractivity contribution in [3.8, 4) is 11.5 Å². The molecule has 0 radical (unpaired) electrons. The Morgan fingerprint density at radius 2 is 1.74 bits per heavy atom. The highest BCUT2D eigenvalue weighted by atomic mass is 32.2. The minimum Gasteiger partial charge on any atom is -0.503 e. The smallest absolute Gasteiger partial charge is 0.262 e. The topological polar surface area (TPSA) is 75.6 Å². The fourth-order valence-corrected chi connectivity index (χ4v) is 3.57. The van der Waals surface area contributed by atoms with E-state index in [2.05, 4.69) is 4.72 Å². The van der Waals surface area contributed by atoms with Crippen LogP contribution in [-0.2, 0) is 10.0 Å². The summed E-state index contributed by atoms with van der Waals surface area (Å²) in [5, 5.41) is 10.0. The van der Waals surface area contributed by atoms with E-state index >= 15 is 0 Å². The first kappa shape index (κ1) is 16.9. The highest BCUT2D eigenvalue weighted by molar-refractivity contribution is 8.02. The Labute approximate surface area is 136 Å². The molecule has 0 saturated heterocycles. The van der Waals surface area contributed by atoms with Gasteiger partial charge in [0.1, 0.15) is 5.69 Å². The zero-order valence-electron chi connectivity index (χ0n) is 13.2. The zero-order chi connectivity index (χ0) is 17.0. The summed E-state index contributed by atoms with van der Waals surface area (Å²) < 4.78 is 31.8. The standard InChI is InChI=1S/C15H13NO4S.C2H6/c1-20-12-8-7-11-13(9-10-5-3-2-4-6-10)21(18,19)16-14(11)15(12)17;1-2/h2-9,16-17H,1H3;1-2H3/b13-9+;. The molecule has 2 aromatic carbocycles. The number of methoxy groups -OCH3 is 1. The zero-order valence-corrected chi connectivity index (χ0v) is 14.0. The van der Waals surface area contributed by atoms with Crippen molar-refractivity contribution in [2.75, 3.05) is 11.8 Å². The molecule has 0 fully saturated rings. The van der Waals surface area contributed by atoms with E-state index in [1.807, 2.05) is 44.2 Å². The first-order valence-corrected chi connectivity index (χ1v) is 8.71. The molecule has 1 aliphatic heterocycles. The van der Waals surface area contributed by atoms with Crippen LogP contribution in [-0.4, -0.2) is 20.6 Å². The van der Waals surface area contributed by atoms with Crippen molar-refractivity contribution in [1.82, 2.24) is 0 Å². The lowest BCUT2D eigenvalue weighted by molar-refractivity contribution is 0.375. The van der Waals surface area contributed by atoms with Crippen LogP contribution in [0.5, 0.6) is 11.5 Å². The van der Waals surface area contributed by atoms with Gasteiger partial charge in [-0.05, 0) is 23.8 Å². The molecule has 1 aliphatic rings. The van der Waals surface area contributed by atoms with Gasteiger partial charge in [0, 0.05) is 5.56 Å². The summed E-state index contributed by atoms with van der Waals surface area (Å²) in [6.45, 7) is 4.00. The molecule has 0 unspecified atom stereocenters. The fraction of sp³-hybridized carbons (Fsp3) is 0.176. The second-order valence-electron chi connectivity index (χ2n) is 4.56. The minimum absolute atomic E-state index is 0.127. The van der Waals surface area contributed by atoms with E-state index in [1.165, 1.54) is 13.2 Å². The van der Waals surface area contributed by atoms with Gasteiger partial charge < -0.3 is 9.84 Å². The number of benzene rings is 2. The van der Waals surface area contributed by atoms with E-state index in [9.17, 15) is 13.5 Å². The number of aromatic hydroxyl groups is 1. The van der Waals surface area contributed by atoms with Crippen LogP contribution in [0.2, 0.25) is 0 Å². The molecule has 1 heterocycles. The monoisotopic (exact) mass is 333 g/mol. The molecule has 5 nitrogen and oxygen atoms in total. The number of hydrogen-bond donors (Lipinski definition) is 2. The number of rotatable bonds is 2. The summed E-state index contributed by atoms with van der Waals surface area (Å²) in [5.74, 6) is 0.00690. The molecule has 0 aliphatic carbocycles. The lowest BCUT2D eigenvalue weighted by Crippen LogP contribution is -2.05. The first-order valence-electron chi connectivity index (χ1n) is 7.23. The molecule has 0 spiro atoms. The number of anilines is 1. The predicted octanol–water partition coefficient (Wildman–Crippen LogP) is 3.68. The lowest BCUT2D eigenvalue weighted by atomic mass is 10.1. The van der Waals surface area contributed by atoms with Gasteiger partial charge in [-0.25, -0.2) is 8.42 Å². The Morgan fingerprint density at radius 1 is 1.09 bits per heavy atom. The number of ether oxygens (including phenoxy) is 1. The summed E-state index contributed by atoms with van der Waals surface area (Å²) in [5.41, 5.74) is 1.34. The van der Waals surface area contributed by atoms with E-state index in [4.69, 9.17) is 4.74 Å². The third-order valence-corrected chi connectivity index (χ3v) is 4.64. The molecule has 6 heteroatoms. The molecule has 2 N–H and O–H groups in total. The maximum Gasteiger partial charge on any atom is 0.262 e. The normalized spacial score (nSPS) is 16.0. The van der Waals surface area contributed by atoms with Crippen LogP contribution >= 0.6 is 0 Å². The second kappa shape index (κ2) is 6.75. The van der Waals surface area contributed by atoms with Gasteiger partial charge in [0.15, 0.2) is 11.5 Å². The summed E-state index contributed by atoms with van der Waals surface area (Å²) in [7, 11) is -2.29. The van der Waals surface area contributed by atoms with Gasteiger partial charge >= 0.3 is 0 Å². The van der Waals surface area contributed by atoms with Crippen molar-refractivity contribution in [1.29, 1.82) is 0 Å². The van der Waals surface area contributed by atoms with Crippen molar-refractivity contribution in [2.45, 2.75) is 13.8 Å². The maximum absolute atomic E-state index is 12.2. The van der Waals surface area contributed by atoms with Crippen LogP contribution < -0.4 is 9.46 Å². The summed E-state index contributed by atoms with van der Waals surface area (Å²) in [4.78, 5) is 0.127. The quantitative estimate of drug-likeness (QED) is 0.822. The highest BCUT2D eigenvalue weighted by Gasteiger charge is 2.33. The van der Waals surface area contributed by atoms with E-state index in [0.29, 0.717) is 5.56 Å². The van der Waals surface area contributed by atoms with Crippen molar-refractivity contribution in [3.05, 3.63) is 53.6 Å². The maximum atomic E-state index is 12.2. The third-order valence-electron chi connectivity index (χ3n) is 3.25. The Kier molecular flexibility index (Phi) is 4.95. The third kappa shape index (κ3) is 3.17. The number of nitrogens with one attached hydrogen (secondary N) is 1. The largest absolute Gasteiger partial charge is 0.503 e. The molecule has 0 atom stereocenters. The van der Waals surface area contributed by atoms with E-state index in [0.717, 1.165) is 5.56 Å². The SMILES string of the molecule is CC.COc1ccc2c(c1O)NS(=O)(=O)/C2=C/c1ccccc1. The number of fused-ring (bicyclic) bond motifs is 1. The molecular formula is C17H19NO4S. The van der Waals surface area contributed by atoms with Gasteiger partial charge in [-0.1, -0.05) is 44.2 Å². The van der Waals surface area contributed by atoms with Crippen LogP contribution in [0.15, 0.2) is 42.5 Å². The molecule has 0 aromatic heterocycles. The van der Waals surface area contributed by atoms with Crippen molar-refractivity contribution in [3.63, 3.8) is 0 Å². The second-order valence-corrected chi connectivity index (χ2v) is 6.21. The fourth-order valence-electron chi connectivity index (χ4n) is 2.24. The van der Waals surface area contributed by atoms with Gasteiger partial charge in [0.05, 0.1) is 12.0 Å². The van der Waals surface area contributed by atoms with Crippen molar-refractivity contribution >= 4 is 26.7 Å². The van der Waals surface area contributed by atoms with E-state index < -0.39 is 10.0 Å². The van der Waals surface area contributed by atoms with Crippen LogP contribution in [0.25, 0.3) is 11.0 Å². The van der Waals surface area contributed by atoms with E-state index in [-0.39, 0.29) is 22.1 Å². The van der Waals surface area contributed by atoms with Gasteiger partial charge in [-0.15, -0.1) is 0 Å². The van der Waals surface area contributed by atoms with Crippen LogP contribution in [0, 0.1) is 0 Å². The number of phenols is 1. The van der Waals surface area contributed by atoms with Crippen molar-refractivity contribution < 1.29 is 18.3 Å². The Bertz CT molecular complexity index is 827. The number of phenolic OH excluding ortho intramolecular Hbond substituents is 1. The summed E-state index contributed by atoms with van der Waals surface area (Å²) >= 11 is 0. The number of hydrogen-bond acceptors (Lipinski definition) is 4. The molecule has 3 rings (SSSR count). The minimum atomic E-state index is -3.70. The summed E-state index contributed by atoms with van der Waals surface area (Å²) in [6.07, 6.45) is 1.57. The first-order chi connectivity index (χ1) is 11.0. The molecule has 0 amide bonds. The molecule has 23 heavy (non-hydrogen) atoms. The molecular weight excluding hydrogens is 314 g/mol. The van der Waals surface area contributed by atoms with E-state index in [1.54, 1.807) is 12.1 Å². The van der Waals surface area contributed by atoms with Crippen LogP contribution in [0.1, 0.15) is 25.0 Å². The van der Waals surface area contributed by atoms with Gasteiger partial charge in [-0.2, -0.15) is 0 Å². The predicted molar refractivity (Wildman–Crippen MR) is 92.9 cm³/mol. The number of sulfonamides is 1. The van der Waals surface area contributed by atoms with Gasteiger partial charge in [0.2, 0.25) is 0 Å². The Balaban J connectivity index is 0.000000924. The summed E-state index contributed by atoms with van der Waals surface area (Å²) in [6, 6.07) is 12.3. The van der Waals surface area contributed by atoms with Gasteiger partial charge in [0.25, 0.3) is 10.0 Å². The average Bonchev–Trinajstić information content (AvgIpc) is 2.83. The van der Waals surface area contributed by atoms with Gasteiger partial charge in [-0.3, -0.25) is 4.72 Å². The lowest BCUT2D eigenvalue weighted by Gasteiger charge is -2.06. The molecule has 0 saturated carbocycles. The molecule has 122 valence electrons. The van der Waals surface area contributed by atoms with Crippen LogP contribution in [0.4, 0.5) is 5.69 Å². The highest BCUT2D eigenvalue weighted by Crippen LogP contribution is 2.46. The van der Waals surface area contributed by atoms with Crippen LogP contribution in [0.3, 0.4) is 0 Å². The Morgan fingerprint density at radius 3 is 2.35 bits per heavy atom. The Hall–Kier alpha value is -2.47. The van der Waals surface area contributed by atoms with Crippen molar-refractivity contribution in [2.24, 2.45) is 0 Å². The molecule has 0 bridgehead atoms. The average molecular weight is 333 g/mol. The molecule has 2 aromatic rings.